The molecule has 1 heterocycles. The molecular formula is C20H31BO2. The van der Waals surface area contributed by atoms with Crippen molar-refractivity contribution in [3.63, 3.8) is 0 Å². The fourth-order valence-electron chi connectivity index (χ4n) is 3.94. The molecule has 3 rings (SSSR count). The van der Waals surface area contributed by atoms with E-state index >= 15 is 0 Å². The molecule has 0 saturated carbocycles. The lowest BCUT2D eigenvalue weighted by Gasteiger charge is -2.43. The summed E-state index contributed by atoms with van der Waals surface area (Å²) in [6, 6.07) is 6.66. The zero-order valence-corrected chi connectivity index (χ0v) is 16.0. The highest BCUT2D eigenvalue weighted by atomic mass is 16.7. The van der Waals surface area contributed by atoms with Crippen molar-refractivity contribution in [3.8, 4) is 0 Å². The zero-order valence-electron chi connectivity index (χ0n) is 16.0. The second-order valence-electron chi connectivity index (χ2n) is 9.63. The Kier molecular flexibility index (Phi) is 3.60. The summed E-state index contributed by atoms with van der Waals surface area (Å²) in [6.45, 7) is 17.9. The van der Waals surface area contributed by atoms with Crippen LogP contribution in [0.5, 0.6) is 0 Å². The largest absolute Gasteiger partial charge is 0.495 e. The Hall–Kier alpha value is -0.795. The first-order valence-corrected chi connectivity index (χ1v) is 8.87. The first kappa shape index (κ1) is 17.0. The van der Waals surface area contributed by atoms with Crippen LogP contribution in [-0.2, 0) is 20.1 Å². The molecule has 3 heteroatoms. The van der Waals surface area contributed by atoms with Crippen molar-refractivity contribution in [1.82, 2.24) is 0 Å². The molecule has 0 unspecified atom stereocenters. The molecule has 0 spiro atoms. The molecule has 1 aromatic carbocycles. The van der Waals surface area contributed by atoms with E-state index in [1.807, 2.05) is 0 Å². The van der Waals surface area contributed by atoms with Gasteiger partial charge in [-0.05, 0) is 68.0 Å². The number of benzene rings is 1. The van der Waals surface area contributed by atoms with Crippen LogP contribution < -0.4 is 5.46 Å². The smallest absolute Gasteiger partial charge is 0.399 e. The standard InChI is InChI=1S/C20H31BO2/c1-17(2)12-13-18(3,4)16-14(17)10-9-11-15(16)21-22-19(5,6)20(7,8)23-21/h9-11H,12-13H2,1-8H3. The van der Waals surface area contributed by atoms with Gasteiger partial charge in [-0.3, -0.25) is 0 Å². The maximum atomic E-state index is 6.36. The summed E-state index contributed by atoms with van der Waals surface area (Å²) in [6.07, 6.45) is 2.42. The molecule has 1 saturated heterocycles. The topological polar surface area (TPSA) is 18.5 Å². The summed E-state index contributed by atoms with van der Waals surface area (Å²) in [5.74, 6) is 0. The minimum Gasteiger partial charge on any atom is -0.399 e. The van der Waals surface area contributed by atoms with Gasteiger partial charge in [0.25, 0.3) is 0 Å². The lowest BCUT2D eigenvalue weighted by molar-refractivity contribution is 0.00578. The summed E-state index contributed by atoms with van der Waals surface area (Å²) in [4.78, 5) is 0. The number of rotatable bonds is 1. The van der Waals surface area contributed by atoms with E-state index in [0.717, 1.165) is 0 Å². The Bertz CT molecular complexity index is 613. The summed E-state index contributed by atoms with van der Waals surface area (Å²) >= 11 is 0. The Labute approximate surface area is 142 Å². The molecule has 0 atom stereocenters. The van der Waals surface area contributed by atoms with Crippen LogP contribution in [0, 0.1) is 0 Å². The van der Waals surface area contributed by atoms with E-state index in [1.54, 1.807) is 0 Å². The molecule has 0 aromatic heterocycles. The lowest BCUT2D eigenvalue weighted by atomic mass is 9.58. The fraction of sp³-hybridized carbons (Fsp3) is 0.700. The lowest BCUT2D eigenvalue weighted by Crippen LogP contribution is -2.45. The van der Waals surface area contributed by atoms with Crippen LogP contribution in [0.4, 0.5) is 0 Å². The van der Waals surface area contributed by atoms with Gasteiger partial charge in [0.05, 0.1) is 11.2 Å². The molecule has 23 heavy (non-hydrogen) atoms. The molecule has 0 amide bonds. The molecule has 1 aliphatic carbocycles. The summed E-state index contributed by atoms with van der Waals surface area (Å²) < 4.78 is 12.7. The zero-order chi connectivity index (χ0) is 17.3. The first-order valence-electron chi connectivity index (χ1n) is 8.87. The Morgan fingerprint density at radius 3 is 1.87 bits per heavy atom. The normalized spacial score (nSPS) is 26.9. The van der Waals surface area contributed by atoms with Gasteiger partial charge in [-0.25, -0.2) is 0 Å². The third-order valence-corrected chi connectivity index (χ3v) is 6.38. The van der Waals surface area contributed by atoms with Crippen LogP contribution >= 0.6 is 0 Å². The monoisotopic (exact) mass is 314 g/mol. The van der Waals surface area contributed by atoms with Gasteiger partial charge in [0.15, 0.2) is 0 Å². The van der Waals surface area contributed by atoms with Crippen molar-refractivity contribution < 1.29 is 9.31 Å². The second-order valence-corrected chi connectivity index (χ2v) is 9.63. The maximum Gasteiger partial charge on any atom is 0.495 e. The number of fused-ring (bicyclic) bond motifs is 1. The van der Waals surface area contributed by atoms with Crippen LogP contribution in [0.1, 0.15) is 79.4 Å². The minimum absolute atomic E-state index is 0.158. The van der Waals surface area contributed by atoms with Crippen LogP contribution in [0.15, 0.2) is 18.2 Å². The van der Waals surface area contributed by atoms with Gasteiger partial charge >= 0.3 is 7.12 Å². The van der Waals surface area contributed by atoms with E-state index < -0.39 is 0 Å². The molecule has 2 nitrogen and oxygen atoms in total. The second kappa shape index (κ2) is 4.86. The first-order chi connectivity index (χ1) is 10.4. The van der Waals surface area contributed by atoms with Crippen molar-refractivity contribution in [3.05, 3.63) is 29.3 Å². The van der Waals surface area contributed by atoms with Crippen LogP contribution in [-0.4, -0.2) is 18.3 Å². The summed E-state index contributed by atoms with van der Waals surface area (Å²) in [5, 5.41) is 0. The van der Waals surface area contributed by atoms with E-state index in [-0.39, 0.29) is 29.2 Å². The van der Waals surface area contributed by atoms with Gasteiger partial charge in [-0.15, -0.1) is 0 Å². The predicted octanol–water partition coefficient (Wildman–Crippen LogP) is 4.33. The maximum absolute atomic E-state index is 6.36. The van der Waals surface area contributed by atoms with Gasteiger partial charge in [0.1, 0.15) is 0 Å². The van der Waals surface area contributed by atoms with Gasteiger partial charge in [0, 0.05) is 0 Å². The number of hydrogen-bond acceptors (Lipinski definition) is 2. The van der Waals surface area contributed by atoms with E-state index in [9.17, 15) is 0 Å². The third-order valence-electron chi connectivity index (χ3n) is 6.38. The predicted molar refractivity (Wildman–Crippen MR) is 97.4 cm³/mol. The molecule has 1 fully saturated rings. The van der Waals surface area contributed by atoms with E-state index in [0.29, 0.717) is 0 Å². The molecule has 0 bridgehead atoms. The summed E-state index contributed by atoms with van der Waals surface area (Å²) in [7, 11) is -0.275. The molecule has 126 valence electrons. The van der Waals surface area contributed by atoms with Crippen molar-refractivity contribution in [1.29, 1.82) is 0 Å². The van der Waals surface area contributed by atoms with E-state index in [1.165, 1.54) is 29.4 Å². The van der Waals surface area contributed by atoms with E-state index in [2.05, 4.69) is 73.6 Å². The molecule has 0 radical (unpaired) electrons. The van der Waals surface area contributed by atoms with Gasteiger partial charge < -0.3 is 9.31 Å². The Balaban J connectivity index is 2.13. The Morgan fingerprint density at radius 2 is 1.30 bits per heavy atom. The van der Waals surface area contributed by atoms with Crippen LogP contribution in [0.3, 0.4) is 0 Å². The van der Waals surface area contributed by atoms with Gasteiger partial charge in [-0.1, -0.05) is 45.9 Å². The van der Waals surface area contributed by atoms with Crippen molar-refractivity contribution in [2.75, 3.05) is 0 Å². The van der Waals surface area contributed by atoms with Crippen LogP contribution in [0.2, 0.25) is 0 Å². The third kappa shape index (κ3) is 2.57. The molecular weight excluding hydrogens is 283 g/mol. The SMILES string of the molecule is CC1(C)CCC(C)(C)c2c(B3OC(C)(C)C(C)(C)O3)cccc21. The molecule has 2 aliphatic rings. The Morgan fingerprint density at radius 1 is 0.783 bits per heavy atom. The van der Waals surface area contributed by atoms with Gasteiger partial charge in [-0.2, -0.15) is 0 Å². The highest BCUT2D eigenvalue weighted by Crippen LogP contribution is 2.46. The van der Waals surface area contributed by atoms with Gasteiger partial charge in [0.2, 0.25) is 0 Å². The molecule has 1 aliphatic heterocycles. The molecule has 1 aromatic rings. The average Bonchev–Trinajstić information content (AvgIpc) is 2.63. The molecule has 0 N–H and O–H groups in total. The van der Waals surface area contributed by atoms with Crippen molar-refractivity contribution in [2.45, 2.75) is 90.3 Å². The quantitative estimate of drug-likeness (QED) is 0.718. The highest BCUT2D eigenvalue weighted by Gasteiger charge is 2.53. The fourth-order valence-corrected chi connectivity index (χ4v) is 3.94. The van der Waals surface area contributed by atoms with E-state index in [4.69, 9.17) is 9.31 Å². The number of hydrogen-bond donors (Lipinski definition) is 0. The van der Waals surface area contributed by atoms with Crippen molar-refractivity contribution in [2.24, 2.45) is 0 Å². The highest BCUT2D eigenvalue weighted by molar-refractivity contribution is 6.62. The summed E-state index contributed by atoms with van der Waals surface area (Å²) in [5.41, 5.74) is 3.90. The van der Waals surface area contributed by atoms with Crippen LogP contribution in [0.25, 0.3) is 0 Å². The average molecular weight is 314 g/mol. The minimum atomic E-state index is -0.297. The van der Waals surface area contributed by atoms with Crippen molar-refractivity contribution >= 4 is 12.6 Å².